The fraction of sp³-hybridized carbons (Fsp3) is 0.571. The number of hydrogen-bond donors (Lipinski definition) is 1. The lowest BCUT2D eigenvalue weighted by Crippen LogP contribution is -2.31. The molecule has 0 aliphatic carbocycles. The van der Waals surface area contributed by atoms with E-state index in [1.165, 1.54) is 0 Å². The Bertz CT molecular complexity index is 346. The summed E-state index contributed by atoms with van der Waals surface area (Å²) in [6, 6.07) is 7.81. The van der Waals surface area contributed by atoms with Gasteiger partial charge in [-0.3, -0.25) is 4.90 Å². The zero-order valence-corrected chi connectivity index (χ0v) is 12.7. The number of hydrogen-bond acceptors (Lipinski definition) is 3. The highest BCUT2D eigenvalue weighted by Gasteiger charge is 2.12. The minimum absolute atomic E-state index is 0.455. The van der Waals surface area contributed by atoms with Crippen molar-refractivity contribution in [3.05, 3.63) is 34.3 Å². The zero-order chi connectivity index (χ0) is 13.4. The second-order valence-corrected chi connectivity index (χ2v) is 5.08. The quantitative estimate of drug-likeness (QED) is 0.749. The average molecular weight is 316 g/mol. The molecule has 1 aromatic rings. The molecule has 18 heavy (non-hydrogen) atoms. The van der Waals surface area contributed by atoms with Gasteiger partial charge in [0.1, 0.15) is 0 Å². The Morgan fingerprint density at radius 2 is 2.17 bits per heavy atom. The lowest BCUT2D eigenvalue weighted by atomic mass is 10.1. The molecule has 4 heteroatoms. The molecule has 0 aromatic heterocycles. The smallest absolute Gasteiger partial charge is 0.0917 e. The van der Waals surface area contributed by atoms with Crippen LogP contribution in [0, 0.1) is 0 Å². The molecule has 0 aliphatic rings. The molecule has 0 amide bonds. The Morgan fingerprint density at radius 1 is 1.39 bits per heavy atom. The Morgan fingerprint density at radius 3 is 2.78 bits per heavy atom. The van der Waals surface area contributed by atoms with Crippen molar-refractivity contribution in [3.8, 4) is 0 Å². The summed E-state index contributed by atoms with van der Waals surface area (Å²) in [7, 11) is 0. The fourth-order valence-corrected chi connectivity index (χ4v) is 2.20. The fourth-order valence-electron chi connectivity index (χ4n) is 1.78. The van der Waals surface area contributed by atoms with E-state index in [0.29, 0.717) is 6.54 Å². The molecule has 1 unspecified atom stereocenters. The molecule has 0 fully saturated rings. The summed E-state index contributed by atoms with van der Waals surface area (Å²) >= 11 is 3.42. The van der Waals surface area contributed by atoms with Crippen molar-refractivity contribution in [2.45, 2.75) is 20.0 Å². The van der Waals surface area contributed by atoms with E-state index in [1.807, 2.05) is 31.2 Å². The highest BCUT2D eigenvalue weighted by molar-refractivity contribution is 9.10. The zero-order valence-electron chi connectivity index (χ0n) is 11.1. The Labute approximate surface area is 118 Å². The molecule has 3 nitrogen and oxygen atoms in total. The average Bonchev–Trinajstić information content (AvgIpc) is 2.37. The second kappa shape index (κ2) is 8.64. The van der Waals surface area contributed by atoms with E-state index in [-0.39, 0.29) is 0 Å². The molecule has 1 N–H and O–H groups in total. The normalized spacial score (nSPS) is 12.9. The van der Waals surface area contributed by atoms with Crippen LogP contribution < -0.4 is 0 Å². The van der Waals surface area contributed by atoms with Crippen LogP contribution >= 0.6 is 15.9 Å². The first-order valence-electron chi connectivity index (χ1n) is 6.41. The molecule has 0 aliphatic heterocycles. The van der Waals surface area contributed by atoms with Crippen LogP contribution in [0.2, 0.25) is 0 Å². The van der Waals surface area contributed by atoms with Gasteiger partial charge in [0.15, 0.2) is 0 Å². The van der Waals surface area contributed by atoms with Crippen molar-refractivity contribution < 1.29 is 9.84 Å². The van der Waals surface area contributed by atoms with Gasteiger partial charge < -0.3 is 9.84 Å². The first kappa shape index (κ1) is 15.6. The minimum atomic E-state index is -0.455. The second-order valence-electron chi connectivity index (χ2n) is 4.16. The highest BCUT2D eigenvalue weighted by Crippen LogP contribution is 2.18. The summed E-state index contributed by atoms with van der Waals surface area (Å²) < 4.78 is 6.34. The number of nitrogens with zero attached hydrogens (tertiary/aromatic N) is 1. The SMILES string of the molecule is CCOCCN(CC)CC(O)c1cccc(Br)c1. The first-order chi connectivity index (χ1) is 8.67. The molecular weight excluding hydrogens is 294 g/mol. The molecule has 1 atom stereocenters. The molecule has 0 saturated heterocycles. The maximum absolute atomic E-state index is 10.2. The molecule has 0 radical (unpaired) electrons. The number of aliphatic hydroxyl groups is 1. The van der Waals surface area contributed by atoms with Gasteiger partial charge in [0.05, 0.1) is 12.7 Å². The third-order valence-electron chi connectivity index (χ3n) is 2.87. The van der Waals surface area contributed by atoms with Crippen molar-refractivity contribution in [2.75, 3.05) is 32.8 Å². The Hall–Kier alpha value is -0.420. The molecule has 0 heterocycles. The van der Waals surface area contributed by atoms with Crippen LogP contribution in [0.3, 0.4) is 0 Å². The lowest BCUT2D eigenvalue weighted by molar-refractivity contribution is 0.0792. The van der Waals surface area contributed by atoms with Gasteiger partial charge in [-0.2, -0.15) is 0 Å². The summed E-state index contributed by atoms with van der Waals surface area (Å²) in [5.74, 6) is 0. The first-order valence-corrected chi connectivity index (χ1v) is 7.20. The van der Waals surface area contributed by atoms with Gasteiger partial charge in [-0.1, -0.05) is 35.0 Å². The number of ether oxygens (including phenoxy) is 1. The van der Waals surface area contributed by atoms with Crippen LogP contribution in [0.15, 0.2) is 28.7 Å². The minimum Gasteiger partial charge on any atom is -0.387 e. The van der Waals surface area contributed by atoms with Crippen LogP contribution in [0.25, 0.3) is 0 Å². The molecule has 0 spiro atoms. The summed E-state index contributed by atoms with van der Waals surface area (Å²) in [5, 5.41) is 10.2. The van der Waals surface area contributed by atoms with Crippen molar-refractivity contribution in [1.82, 2.24) is 4.90 Å². The van der Waals surface area contributed by atoms with E-state index in [2.05, 4.69) is 27.8 Å². The summed E-state index contributed by atoms with van der Waals surface area (Å²) in [4.78, 5) is 2.20. The number of rotatable bonds is 8. The van der Waals surface area contributed by atoms with E-state index in [1.54, 1.807) is 0 Å². The van der Waals surface area contributed by atoms with Crippen molar-refractivity contribution in [2.24, 2.45) is 0 Å². The maximum Gasteiger partial charge on any atom is 0.0917 e. The Kier molecular flexibility index (Phi) is 7.51. The lowest BCUT2D eigenvalue weighted by Gasteiger charge is -2.23. The summed E-state index contributed by atoms with van der Waals surface area (Å²) in [6.45, 7) is 7.96. The van der Waals surface area contributed by atoms with Crippen LogP contribution in [-0.4, -0.2) is 42.9 Å². The summed E-state index contributed by atoms with van der Waals surface area (Å²) in [5.41, 5.74) is 0.944. The predicted octanol–water partition coefficient (Wildman–Crippen LogP) is 2.84. The largest absolute Gasteiger partial charge is 0.387 e. The van der Waals surface area contributed by atoms with Gasteiger partial charge in [-0.15, -0.1) is 0 Å². The van der Waals surface area contributed by atoms with Gasteiger partial charge >= 0.3 is 0 Å². The van der Waals surface area contributed by atoms with E-state index >= 15 is 0 Å². The Balaban J connectivity index is 2.48. The molecule has 102 valence electrons. The van der Waals surface area contributed by atoms with Crippen molar-refractivity contribution >= 4 is 15.9 Å². The standard InChI is InChI=1S/C14H22BrNO2/c1-3-16(8-9-18-4-2)11-14(17)12-6-5-7-13(15)10-12/h5-7,10,14,17H,3-4,8-9,11H2,1-2H3. The van der Waals surface area contributed by atoms with Gasteiger partial charge in [0.25, 0.3) is 0 Å². The van der Waals surface area contributed by atoms with Crippen LogP contribution in [0.5, 0.6) is 0 Å². The highest BCUT2D eigenvalue weighted by atomic mass is 79.9. The summed E-state index contributed by atoms with van der Waals surface area (Å²) in [6.07, 6.45) is -0.455. The monoisotopic (exact) mass is 315 g/mol. The number of likely N-dealkylation sites (N-methyl/N-ethyl adjacent to an activating group) is 1. The molecular formula is C14H22BrNO2. The molecule has 1 rings (SSSR count). The van der Waals surface area contributed by atoms with Crippen LogP contribution in [-0.2, 0) is 4.74 Å². The van der Waals surface area contributed by atoms with Gasteiger partial charge in [0.2, 0.25) is 0 Å². The maximum atomic E-state index is 10.2. The number of aliphatic hydroxyl groups excluding tert-OH is 1. The number of benzene rings is 1. The van der Waals surface area contributed by atoms with Gasteiger partial charge in [-0.05, 0) is 31.2 Å². The molecule has 0 saturated carbocycles. The molecule has 0 bridgehead atoms. The van der Waals surface area contributed by atoms with E-state index in [4.69, 9.17) is 4.74 Å². The van der Waals surface area contributed by atoms with Crippen molar-refractivity contribution in [3.63, 3.8) is 0 Å². The topological polar surface area (TPSA) is 32.7 Å². The predicted molar refractivity (Wildman–Crippen MR) is 77.7 cm³/mol. The van der Waals surface area contributed by atoms with Crippen LogP contribution in [0.4, 0.5) is 0 Å². The van der Waals surface area contributed by atoms with E-state index in [0.717, 1.165) is 36.3 Å². The van der Waals surface area contributed by atoms with Gasteiger partial charge in [-0.25, -0.2) is 0 Å². The molecule has 1 aromatic carbocycles. The number of halogens is 1. The van der Waals surface area contributed by atoms with Crippen LogP contribution in [0.1, 0.15) is 25.5 Å². The third-order valence-corrected chi connectivity index (χ3v) is 3.36. The van der Waals surface area contributed by atoms with E-state index < -0.39 is 6.10 Å². The van der Waals surface area contributed by atoms with Crippen molar-refractivity contribution in [1.29, 1.82) is 0 Å². The van der Waals surface area contributed by atoms with E-state index in [9.17, 15) is 5.11 Å². The van der Waals surface area contributed by atoms with Gasteiger partial charge in [0, 0.05) is 24.2 Å². The third kappa shape index (κ3) is 5.48.